The van der Waals surface area contributed by atoms with Crippen LogP contribution in [0.2, 0.25) is 0 Å². The Labute approximate surface area is 94.0 Å². The van der Waals surface area contributed by atoms with Crippen molar-refractivity contribution in [3.05, 3.63) is 29.8 Å². The van der Waals surface area contributed by atoms with E-state index in [2.05, 4.69) is 10.5 Å². The van der Waals surface area contributed by atoms with E-state index in [1.165, 1.54) is 0 Å². The van der Waals surface area contributed by atoms with E-state index in [1.807, 2.05) is 18.2 Å². The maximum absolute atomic E-state index is 11.5. The number of hydrogen-bond acceptors (Lipinski definition) is 3. The average Bonchev–Trinajstić information content (AvgIpc) is 3.12. The topological polar surface area (TPSA) is 61.7 Å². The van der Waals surface area contributed by atoms with Gasteiger partial charge in [-0.15, -0.1) is 0 Å². The van der Waals surface area contributed by atoms with E-state index in [0.717, 1.165) is 24.1 Å². The van der Waals surface area contributed by atoms with Crippen molar-refractivity contribution in [3.63, 3.8) is 0 Å². The first-order chi connectivity index (χ1) is 7.70. The van der Waals surface area contributed by atoms with E-state index in [-0.39, 0.29) is 11.8 Å². The molecule has 1 aromatic rings. The first-order valence-corrected chi connectivity index (χ1v) is 5.30. The number of oxime groups is 1. The molecule has 16 heavy (non-hydrogen) atoms. The molecule has 0 spiro atoms. The SMILES string of the molecule is C/C(=N\O)c1cccc(NC(=O)C2CC2)c1. The largest absolute Gasteiger partial charge is 0.411 e. The van der Waals surface area contributed by atoms with E-state index < -0.39 is 0 Å². The van der Waals surface area contributed by atoms with Crippen LogP contribution in [0.15, 0.2) is 29.4 Å². The summed E-state index contributed by atoms with van der Waals surface area (Å²) >= 11 is 0. The number of rotatable bonds is 3. The molecule has 1 fully saturated rings. The fourth-order valence-corrected chi connectivity index (χ4v) is 1.47. The fraction of sp³-hybridized carbons (Fsp3) is 0.333. The summed E-state index contributed by atoms with van der Waals surface area (Å²) in [5.41, 5.74) is 2.08. The normalized spacial score (nSPS) is 15.9. The fourth-order valence-electron chi connectivity index (χ4n) is 1.47. The van der Waals surface area contributed by atoms with Gasteiger partial charge in [0.2, 0.25) is 5.91 Å². The van der Waals surface area contributed by atoms with Crippen LogP contribution in [0, 0.1) is 5.92 Å². The molecule has 0 bridgehead atoms. The smallest absolute Gasteiger partial charge is 0.227 e. The zero-order valence-corrected chi connectivity index (χ0v) is 9.10. The Bertz CT molecular complexity index is 436. The summed E-state index contributed by atoms with van der Waals surface area (Å²) in [6.45, 7) is 1.71. The molecule has 1 aliphatic rings. The van der Waals surface area contributed by atoms with Gasteiger partial charge in [-0.3, -0.25) is 4.79 Å². The number of nitrogens with one attached hydrogen (secondary N) is 1. The highest BCUT2D eigenvalue weighted by Crippen LogP contribution is 2.30. The third-order valence-electron chi connectivity index (χ3n) is 2.65. The Morgan fingerprint density at radius 3 is 2.88 bits per heavy atom. The first-order valence-electron chi connectivity index (χ1n) is 5.30. The lowest BCUT2D eigenvalue weighted by molar-refractivity contribution is -0.117. The highest BCUT2D eigenvalue weighted by molar-refractivity contribution is 6.00. The van der Waals surface area contributed by atoms with Crippen molar-refractivity contribution in [1.29, 1.82) is 0 Å². The summed E-state index contributed by atoms with van der Waals surface area (Å²) in [6, 6.07) is 7.29. The zero-order valence-electron chi connectivity index (χ0n) is 9.10. The van der Waals surface area contributed by atoms with Crippen molar-refractivity contribution in [1.82, 2.24) is 0 Å². The van der Waals surface area contributed by atoms with Crippen LogP contribution in [0.1, 0.15) is 25.3 Å². The molecule has 4 nitrogen and oxygen atoms in total. The zero-order chi connectivity index (χ0) is 11.5. The monoisotopic (exact) mass is 218 g/mol. The van der Waals surface area contributed by atoms with Crippen molar-refractivity contribution in [2.24, 2.45) is 11.1 Å². The van der Waals surface area contributed by atoms with Crippen LogP contribution in [0.3, 0.4) is 0 Å². The maximum Gasteiger partial charge on any atom is 0.227 e. The Hall–Kier alpha value is -1.84. The predicted molar refractivity (Wildman–Crippen MR) is 61.8 cm³/mol. The molecule has 0 saturated heterocycles. The van der Waals surface area contributed by atoms with E-state index in [1.54, 1.807) is 13.0 Å². The van der Waals surface area contributed by atoms with Crippen molar-refractivity contribution in [2.45, 2.75) is 19.8 Å². The quantitative estimate of drug-likeness (QED) is 0.464. The maximum atomic E-state index is 11.5. The second kappa shape index (κ2) is 4.35. The molecule has 1 amide bonds. The van der Waals surface area contributed by atoms with Crippen molar-refractivity contribution in [3.8, 4) is 0 Å². The number of benzene rings is 1. The van der Waals surface area contributed by atoms with E-state index in [0.29, 0.717) is 5.71 Å². The van der Waals surface area contributed by atoms with Crippen molar-refractivity contribution in [2.75, 3.05) is 5.32 Å². The van der Waals surface area contributed by atoms with Gasteiger partial charge in [-0.2, -0.15) is 0 Å². The Morgan fingerprint density at radius 2 is 2.25 bits per heavy atom. The molecule has 0 atom stereocenters. The number of carbonyl (C=O) groups excluding carboxylic acids is 1. The van der Waals surface area contributed by atoms with Crippen LogP contribution < -0.4 is 5.32 Å². The molecule has 0 unspecified atom stereocenters. The lowest BCUT2D eigenvalue weighted by atomic mass is 10.1. The lowest BCUT2D eigenvalue weighted by Crippen LogP contribution is -2.13. The summed E-state index contributed by atoms with van der Waals surface area (Å²) in [7, 11) is 0. The minimum absolute atomic E-state index is 0.0794. The molecule has 84 valence electrons. The molecule has 1 aromatic carbocycles. The van der Waals surface area contributed by atoms with Gasteiger partial charge in [-0.25, -0.2) is 0 Å². The first kappa shape index (κ1) is 10.7. The van der Waals surface area contributed by atoms with Crippen LogP contribution in [0.4, 0.5) is 5.69 Å². The van der Waals surface area contributed by atoms with E-state index >= 15 is 0 Å². The molecule has 2 rings (SSSR count). The van der Waals surface area contributed by atoms with Crippen LogP contribution in [0.25, 0.3) is 0 Å². The molecule has 4 heteroatoms. The summed E-state index contributed by atoms with van der Waals surface area (Å²) in [6.07, 6.45) is 1.98. The molecule has 2 N–H and O–H groups in total. The minimum Gasteiger partial charge on any atom is -0.411 e. The molecule has 1 aliphatic carbocycles. The highest BCUT2D eigenvalue weighted by atomic mass is 16.4. The van der Waals surface area contributed by atoms with Crippen LogP contribution >= 0.6 is 0 Å². The lowest BCUT2D eigenvalue weighted by Gasteiger charge is -2.05. The van der Waals surface area contributed by atoms with Gasteiger partial charge in [0.25, 0.3) is 0 Å². The molecule has 0 radical (unpaired) electrons. The Morgan fingerprint density at radius 1 is 1.50 bits per heavy atom. The standard InChI is InChI=1S/C12H14N2O2/c1-8(14-16)10-3-2-4-11(7-10)13-12(15)9-5-6-9/h2-4,7,9,16H,5-6H2,1H3,(H,13,15)/b14-8+. The van der Waals surface area contributed by atoms with Gasteiger partial charge in [-0.1, -0.05) is 17.3 Å². The number of hydrogen-bond donors (Lipinski definition) is 2. The third kappa shape index (κ3) is 2.39. The summed E-state index contributed by atoms with van der Waals surface area (Å²) in [5.74, 6) is 0.270. The van der Waals surface area contributed by atoms with E-state index in [4.69, 9.17) is 5.21 Å². The molecule has 1 saturated carbocycles. The van der Waals surface area contributed by atoms with Gasteiger partial charge in [0, 0.05) is 17.2 Å². The van der Waals surface area contributed by atoms with Crippen molar-refractivity contribution >= 4 is 17.3 Å². The summed E-state index contributed by atoms with van der Waals surface area (Å²) in [4.78, 5) is 11.5. The number of carbonyl (C=O) groups is 1. The van der Waals surface area contributed by atoms with Gasteiger partial charge in [0.1, 0.15) is 0 Å². The molecule has 0 aromatic heterocycles. The number of nitrogens with zero attached hydrogens (tertiary/aromatic N) is 1. The van der Waals surface area contributed by atoms with Gasteiger partial charge < -0.3 is 10.5 Å². The van der Waals surface area contributed by atoms with Crippen LogP contribution in [-0.2, 0) is 4.79 Å². The second-order valence-corrected chi connectivity index (χ2v) is 4.03. The predicted octanol–water partition coefficient (Wildman–Crippen LogP) is 2.23. The third-order valence-corrected chi connectivity index (χ3v) is 2.65. The minimum atomic E-state index is 0.0794. The molecular weight excluding hydrogens is 204 g/mol. The highest BCUT2D eigenvalue weighted by Gasteiger charge is 2.29. The second-order valence-electron chi connectivity index (χ2n) is 4.03. The Kier molecular flexibility index (Phi) is 2.90. The van der Waals surface area contributed by atoms with Gasteiger partial charge in [0.05, 0.1) is 5.71 Å². The number of amides is 1. The van der Waals surface area contributed by atoms with Crippen LogP contribution in [0.5, 0.6) is 0 Å². The van der Waals surface area contributed by atoms with Crippen molar-refractivity contribution < 1.29 is 10.0 Å². The average molecular weight is 218 g/mol. The van der Waals surface area contributed by atoms with Gasteiger partial charge >= 0.3 is 0 Å². The Balaban J connectivity index is 2.12. The molecule has 0 heterocycles. The molecular formula is C12H14N2O2. The van der Waals surface area contributed by atoms with Gasteiger partial charge in [0.15, 0.2) is 0 Å². The summed E-state index contributed by atoms with van der Waals surface area (Å²) in [5, 5.41) is 14.6. The van der Waals surface area contributed by atoms with E-state index in [9.17, 15) is 4.79 Å². The van der Waals surface area contributed by atoms with Gasteiger partial charge in [-0.05, 0) is 31.9 Å². The molecule has 0 aliphatic heterocycles. The summed E-state index contributed by atoms with van der Waals surface area (Å²) < 4.78 is 0. The number of anilines is 1. The van der Waals surface area contributed by atoms with Crippen LogP contribution in [-0.4, -0.2) is 16.8 Å².